The third-order valence-electron chi connectivity index (χ3n) is 10.9. The smallest absolute Gasteiger partial charge is 0.187 e. The molecule has 5 saturated heterocycles. The molecule has 0 aliphatic carbocycles. The van der Waals surface area contributed by atoms with Gasteiger partial charge in [0.05, 0.1) is 39.6 Å². The molecule has 5 rings (SSSR count). The van der Waals surface area contributed by atoms with Gasteiger partial charge in [-0.25, -0.2) is 0 Å². The summed E-state index contributed by atoms with van der Waals surface area (Å²) >= 11 is 0. The summed E-state index contributed by atoms with van der Waals surface area (Å²) in [6, 6.07) is 0. The van der Waals surface area contributed by atoms with Crippen LogP contribution in [0.4, 0.5) is 0 Å². The van der Waals surface area contributed by atoms with Crippen molar-refractivity contribution in [3.63, 3.8) is 0 Å². The maximum atomic E-state index is 11.1. The molecule has 352 valence electrons. The fourth-order valence-electron chi connectivity index (χ4n) is 7.44. The van der Waals surface area contributed by atoms with Crippen molar-refractivity contribution in [2.75, 3.05) is 46.2 Å². The van der Waals surface area contributed by atoms with E-state index in [1.165, 1.54) is 0 Å². The highest BCUT2D eigenvalue weighted by atomic mass is 16.8. The molecule has 10 unspecified atom stereocenters. The first-order valence-electron chi connectivity index (χ1n) is 19.3. The summed E-state index contributed by atoms with van der Waals surface area (Å²) in [4.78, 5) is 0. The molecule has 5 heterocycles. The van der Waals surface area contributed by atoms with Crippen LogP contribution >= 0.6 is 0 Å². The molecule has 0 aromatic rings. The van der Waals surface area contributed by atoms with E-state index in [0.717, 1.165) is 0 Å². The van der Waals surface area contributed by atoms with Crippen molar-refractivity contribution in [1.82, 2.24) is 0 Å². The Morgan fingerprint density at radius 3 is 0.900 bits per heavy atom. The van der Waals surface area contributed by atoms with E-state index in [-0.39, 0.29) is 13.2 Å². The SMILES string of the molecule is NCCCO[C@H]1OC(CO)[C@H](O[C@H]2OC(CO)[C@@H](O[C@@H]3OC(CO)[C@@H](O[C@H]4OC(CO)[C@H](O[C@H]5OC(CO)[C@@H](O)[C@H](O)C5O)[C@H](O)C4O)[C@H](O)C3O)[C@H](O)C2O)[C@H](O)C1O. The molecule has 5 aliphatic heterocycles. The summed E-state index contributed by atoms with van der Waals surface area (Å²) in [6.07, 6.45) is -44.3. The van der Waals surface area contributed by atoms with Crippen LogP contribution in [0.1, 0.15) is 6.42 Å². The minimum absolute atomic E-state index is 0.0525. The Kier molecular flexibility index (Phi) is 18.5. The van der Waals surface area contributed by atoms with Crippen molar-refractivity contribution >= 4 is 0 Å². The van der Waals surface area contributed by atoms with E-state index in [9.17, 15) is 81.7 Å². The number of aliphatic hydroxyl groups excluding tert-OH is 16. The van der Waals surface area contributed by atoms with Gasteiger partial charge in [-0.1, -0.05) is 0 Å². The standard InChI is InChI=1S/C33H59NO26/c34-2-1-3-51-29-21(47)16(42)25(10(5-36)53-29)58-31-23(49)18(44)27(12(7-38)55-31)60-33-24(50)19(45)28(13(8-39)56-33)59-32-22(48)17(43)26(11(6-37)54-32)57-30-20(46)15(41)14(40)9(4-35)52-30/h9-33,35-50H,1-8,34H2/t9?,10?,11?,12?,13?,14-,15+,16-,17-,18-,19-,20?,21?,22?,23?,24?,25+,26+,27-,28-,29+,30-,31-,32-,33+/m1/s1. The predicted octanol–water partition coefficient (Wildman–Crippen LogP) is -11.6. The van der Waals surface area contributed by atoms with Crippen LogP contribution in [0, 0.1) is 0 Å². The Bertz CT molecular complexity index is 1270. The number of rotatable bonds is 17. The highest BCUT2D eigenvalue weighted by molar-refractivity contribution is 4.99. The molecule has 25 atom stereocenters. The van der Waals surface area contributed by atoms with E-state index in [4.69, 9.17) is 53.1 Å². The molecule has 0 radical (unpaired) electrons. The van der Waals surface area contributed by atoms with Gasteiger partial charge in [0, 0.05) is 0 Å². The van der Waals surface area contributed by atoms with E-state index in [0.29, 0.717) is 6.42 Å². The Hall–Kier alpha value is -1.08. The fourth-order valence-corrected chi connectivity index (χ4v) is 7.44. The Morgan fingerprint density at radius 1 is 0.333 bits per heavy atom. The summed E-state index contributed by atoms with van der Waals surface area (Å²) in [5.41, 5.74) is 5.44. The highest BCUT2D eigenvalue weighted by Gasteiger charge is 2.56. The first-order valence-corrected chi connectivity index (χ1v) is 19.3. The van der Waals surface area contributed by atoms with Crippen molar-refractivity contribution in [2.24, 2.45) is 5.73 Å². The van der Waals surface area contributed by atoms with Gasteiger partial charge in [0.2, 0.25) is 0 Å². The number of hydrogen-bond acceptors (Lipinski definition) is 27. The third kappa shape index (κ3) is 10.5. The van der Waals surface area contributed by atoms with E-state index in [2.05, 4.69) is 0 Å². The highest BCUT2D eigenvalue weighted by Crippen LogP contribution is 2.35. The second-order valence-electron chi connectivity index (χ2n) is 14.9. The normalized spacial score (nSPS) is 50.5. The number of nitrogens with two attached hydrogens (primary N) is 1. The number of ether oxygens (including phenoxy) is 10. The lowest BCUT2D eigenvalue weighted by Gasteiger charge is -2.49. The predicted molar refractivity (Wildman–Crippen MR) is 184 cm³/mol. The lowest BCUT2D eigenvalue weighted by Crippen LogP contribution is -2.68. The lowest BCUT2D eigenvalue weighted by atomic mass is 9.95. The van der Waals surface area contributed by atoms with Gasteiger partial charge in [-0.3, -0.25) is 0 Å². The largest absolute Gasteiger partial charge is 0.394 e. The van der Waals surface area contributed by atoms with Crippen LogP contribution < -0.4 is 5.73 Å². The molecule has 0 aromatic heterocycles. The van der Waals surface area contributed by atoms with Crippen LogP contribution in [0.2, 0.25) is 0 Å². The molecule has 27 nitrogen and oxygen atoms in total. The van der Waals surface area contributed by atoms with Gasteiger partial charge in [0.25, 0.3) is 0 Å². The van der Waals surface area contributed by atoms with Crippen molar-refractivity contribution in [2.45, 2.75) is 160 Å². The monoisotopic (exact) mass is 885 g/mol. The molecule has 0 amide bonds. The van der Waals surface area contributed by atoms with Crippen LogP contribution in [0.15, 0.2) is 0 Å². The van der Waals surface area contributed by atoms with Crippen LogP contribution in [0.3, 0.4) is 0 Å². The fraction of sp³-hybridized carbons (Fsp3) is 1.00. The topological polar surface area (TPSA) is 442 Å². The molecule has 0 aromatic carbocycles. The second kappa shape index (κ2) is 22.2. The second-order valence-corrected chi connectivity index (χ2v) is 14.9. The molecular formula is C33H59NO26. The summed E-state index contributed by atoms with van der Waals surface area (Å²) in [7, 11) is 0. The average molecular weight is 886 g/mol. The van der Waals surface area contributed by atoms with Gasteiger partial charge in [-0.15, -0.1) is 0 Å². The van der Waals surface area contributed by atoms with Gasteiger partial charge in [-0.2, -0.15) is 0 Å². The molecule has 0 spiro atoms. The van der Waals surface area contributed by atoms with Gasteiger partial charge < -0.3 is 135 Å². The molecule has 0 bridgehead atoms. The molecule has 0 saturated carbocycles. The summed E-state index contributed by atoms with van der Waals surface area (Å²) in [5.74, 6) is 0. The molecule has 60 heavy (non-hydrogen) atoms. The Labute approximate surface area is 341 Å². The quantitative estimate of drug-likeness (QED) is 0.0603. The molecular weight excluding hydrogens is 826 g/mol. The Morgan fingerprint density at radius 2 is 0.600 bits per heavy atom. The number of hydrogen-bond donors (Lipinski definition) is 17. The molecule has 18 N–H and O–H groups in total. The van der Waals surface area contributed by atoms with Crippen molar-refractivity contribution in [3.8, 4) is 0 Å². The van der Waals surface area contributed by atoms with E-state index >= 15 is 0 Å². The van der Waals surface area contributed by atoms with Crippen LogP contribution in [-0.4, -0.2) is 281 Å². The summed E-state index contributed by atoms with van der Waals surface area (Å²) < 4.78 is 55.4. The summed E-state index contributed by atoms with van der Waals surface area (Å²) in [5, 5.41) is 168. The van der Waals surface area contributed by atoms with E-state index in [1.54, 1.807) is 0 Å². The molecule has 27 heteroatoms. The minimum atomic E-state index is -2.11. The first kappa shape index (κ1) is 49.9. The Balaban J connectivity index is 1.21. The average Bonchev–Trinajstić information content (AvgIpc) is 3.24. The van der Waals surface area contributed by atoms with E-state index in [1.807, 2.05) is 0 Å². The van der Waals surface area contributed by atoms with Crippen molar-refractivity contribution < 1.29 is 129 Å². The van der Waals surface area contributed by atoms with Crippen molar-refractivity contribution in [1.29, 1.82) is 0 Å². The zero-order valence-corrected chi connectivity index (χ0v) is 31.9. The molecule has 5 aliphatic rings. The van der Waals surface area contributed by atoms with Gasteiger partial charge in [-0.05, 0) is 13.0 Å². The zero-order chi connectivity index (χ0) is 44.2. The third-order valence-corrected chi connectivity index (χ3v) is 10.9. The van der Waals surface area contributed by atoms with Crippen LogP contribution in [-0.2, 0) is 47.4 Å². The van der Waals surface area contributed by atoms with Crippen molar-refractivity contribution in [3.05, 3.63) is 0 Å². The molecule has 5 fully saturated rings. The minimum Gasteiger partial charge on any atom is -0.394 e. The van der Waals surface area contributed by atoms with Gasteiger partial charge >= 0.3 is 0 Å². The summed E-state index contributed by atoms with van der Waals surface area (Å²) in [6.45, 7) is -4.10. The maximum Gasteiger partial charge on any atom is 0.187 e. The lowest BCUT2D eigenvalue weighted by molar-refractivity contribution is -0.393. The number of aliphatic hydroxyl groups is 16. The van der Waals surface area contributed by atoms with Crippen LogP contribution in [0.25, 0.3) is 0 Å². The zero-order valence-electron chi connectivity index (χ0n) is 31.9. The van der Waals surface area contributed by atoms with E-state index < -0.39 is 187 Å². The van der Waals surface area contributed by atoms with Gasteiger partial charge in [0.1, 0.15) is 122 Å². The maximum absolute atomic E-state index is 11.1. The van der Waals surface area contributed by atoms with Crippen LogP contribution in [0.5, 0.6) is 0 Å². The first-order chi connectivity index (χ1) is 28.6. The van der Waals surface area contributed by atoms with Gasteiger partial charge in [0.15, 0.2) is 31.5 Å².